The van der Waals surface area contributed by atoms with E-state index < -0.39 is 6.17 Å². The smallest absolute Gasteiger partial charge is 0.125 e. The molecule has 0 bridgehead atoms. The number of alkyl halides is 1. The van der Waals surface area contributed by atoms with E-state index in [1.54, 1.807) is 6.92 Å². The quantitative estimate of drug-likeness (QED) is 0.720. The Hall–Kier alpha value is -1.32. The van der Waals surface area contributed by atoms with Gasteiger partial charge in [0.1, 0.15) is 18.7 Å². The maximum atomic E-state index is 13.6. The first kappa shape index (κ1) is 12.7. The van der Waals surface area contributed by atoms with E-state index in [0.717, 1.165) is 11.3 Å². The van der Waals surface area contributed by atoms with E-state index in [9.17, 15) is 4.39 Å². The lowest BCUT2D eigenvalue weighted by Gasteiger charge is -2.26. The van der Waals surface area contributed by atoms with Gasteiger partial charge in [-0.2, -0.15) is 0 Å². The molecule has 1 heterocycles. The minimum absolute atomic E-state index is 0.215. The molecule has 1 aliphatic heterocycles. The molecule has 4 heteroatoms. The zero-order chi connectivity index (χ0) is 12.1. The van der Waals surface area contributed by atoms with Crippen LogP contribution in [0.5, 0.6) is 0 Å². The summed E-state index contributed by atoms with van der Waals surface area (Å²) in [5.41, 5.74) is 7.60. The molecule has 3 nitrogen and oxygen atoms in total. The van der Waals surface area contributed by atoms with Gasteiger partial charge in [-0.1, -0.05) is 12.2 Å². The van der Waals surface area contributed by atoms with Crippen molar-refractivity contribution < 1.29 is 4.39 Å². The number of hydrogen-bond acceptors (Lipinski definition) is 3. The number of aliphatic imine (C=N–C) groups is 1. The minimum atomic E-state index is -0.935. The van der Waals surface area contributed by atoms with Gasteiger partial charge < -0.3 is 11.1 Å². The van der Waals surface area contributed by atoms with E-state index in [1.807, 2.05) is 26.0 Å². The summed E-state index contributed by atoms with van der Waals surface area (Å²) in [4.78, 5) is 4.11. The Morgan fingerprint density at radius 3 is 2.81 bits per heavy atom. The van der Waals surface area contributed by atoms with Gasteiger partial charge in [-0.05, 0) is 27.2 Å². The van der Waals surface area contributed by atoms with E-state index in [4.69, 9.17) is 5.73 Å². The Bertz CT molecular complexity index is 329. The number of rotatable bonds is 4. The van der Waals surface area contributed by atoms with E-state index in [0.29, 0.717) is 18.9 Å². The molecule has 0 saturated heterocycles. The summed E-state index contributed by atoms with van der Waals surface area (Å²) in [6, 6.07) is 0. The van der Waals surface area contributed by atoms with Gasteiger partial charge in [0.05, 0.1) is 0 Å². The molecule has 1 rings (SSSR count). The van der Waals surface area contributed by atoms with Crippen molar-refractivity contribution in [2.45, 2.75) is 33.4 Å². The normalized spacial score (nSPS) is 20.6. The molecular weight excluding hydrogens is 205 g/mol. The first-order valence-corrected chi connectivity index (χ1v) is 5.58. The van der Waals surface area contributed by atoms with Crippen molar-refractivity contribution in [3.63, 3.8) is 0 Å². The molecule has 0 aliphatic carbocycles. The summed E-state index contributed by atoms with van der Waals surface area (Å²) in [5, 5.41) is 3.10. The lowest BCUT2D eigenvalue weighted by atomic mass is 9.88. The molecule has 0 saturated carbocycles. The predicted octanol–water partition coefficient (Wildman–Crippen LogP) is 2.12. The summed E-state index contributed by atoms with van der Waals surface area (Å²) in [6.45, 7) is 5.90. The van der Waals surface area contributed by atoms with Crippen molar-refractivity contribution in [1.29, 1.82) is 0 Å². The number of allylic oxidation sites excluding steroid dienone is 3. The van der Waals surface area contributed by atoms with Crippen molar-refractivity contribution in [3.05, 3.63) is 23.4 Å². The Morgan fingerprint density at radius 1 is 1.62 bits per heavy atom. The molecule has 3 N–H and O–H groups in total. The van der Waals surface area contributed by atoms with Crippen LogP contribution >= 0.6 is 0 Å². The number of halogens is 1. The molecule has 16 heavy (non-hydrogen) atoms. The fourth-order valence-corrected chi connectivity index (χ4v) is 1.90. The van der Waals surface area contributed by atoms with Gasteiger partial charge in [0.2, 0.25) is 0 Å². The molecule has 2 atom stereocenters. The first-order valence-electron chi connectivity index (χ1n) is 5.58. The van der Waals surface area contributed by atoms with Crippen molar-refractivity contribution >= 4 is 5.84 Å². The third-order valence-corrected chi connectivity index (χ3v) is 2.82. The van der Waals surface area contributed by atoms with Gasteiger partial charge in [0.15, 0.2) is 0 Å². The monoisotopic (exact) mass is 225 g/mol. The molecule has 0 amide bonds. The number of nitrogens with one attached hydrogen (secondary N) is 1. The standard InChI is InChI=1S/C12H20FN3/c1-4-5-6-10(8(2)13)11-9(3)15-7-16-12(11)14/h4-5,8,10,15H,6-7H2,1-3H3,(H2,14,16)/b5-4+. The average molecular weight is 225 g/mol. The van der Waals surface area contributed by atoms with Crippen LogP contribution in [0.4, 0.5) is 4.39 Å². The minimum Gasteiger partial charge on any atom is -0.384 e. The summed E-state index contributed by atoms with van der Waals surface area (Å²) < 4.78 is 13.6. The Morgan fingerprint density at radius 2 is 2.31 bits per heavy atom. The zero-order valence-electron chi connectivity index (χ0n) is 10.1. The van der Waals surface area contributed by atoms with Gasteiger partial charge >= 0.3 is 0 Å². The summed E-state index contributed by atoms with van der Waals surface area (Å²) in [6.07, 6.45) is 3.60. The Labute approximate surface area is 96.3 Å². The second kappa shape index (κ2) is 5.68. The van der Waals surface area contributed by atoms with Gasteiger partial charge in [0.25, 0.3) is 0 Å². The van der Waals surface area contributed by atoms with Gasteiger partial charge in [0, 0.05) is 17.2 Å². The SMILES string of the molecule is C/C=C/CC(C1=C(C)NCN=C1N)C(C)F. The van der Waals surface area contributed by atoms with E-state index in [2.05, 4.69) is 10.3 Å². The van der Waals surface area contributed by atoms with Crippen LogP contribution in [0.15, 0.2) is 28.4 Å². The number of nitrogens with two attached hydrogens (primary N) is 1. The molecule has 0 fully saturated rings. The van der Waals surface area contributed by atoms with Crippen LogP contribution in [-0.2, 0) is 0 Å². The predicted molar refractivity (Wildman–Crippen MR) is 65.8 cm³/mol. The molecule has 0 aromatic carbocycles. The lowest BCUT2D eigenvalue weighted by Crippen LogP contribution is -2.34. The van der Waals surface area contributed by atoms with E-state index >= 15 is 0 Å². The van der Waals surface area contributed by atoms with Crippen LogP contribution in [0, 0.1) is 5.92 Å². The third-order valence-electron chi connectivity index (χ3n) is 2.82. The highest BCUT2D eigenvalue weighted by atomic mass is 19.1. The summed E-state index contributed by atoms with van der Waals surface area (Å²) in [5.74, 6) is 0.253. The lowest BCUT2D eigenvalue weighted by molar-refractivity contribution is 0.280. The topological polar surface area (TPSA) is 50.4 Å². The molecule has 1 aliphatic rings. The Kier molecular flexibility index (Phi) is 4.52. The van der Waals surface area contributed by atoms with Crippen molar-refractivity contribution in [1.82, 2.24) is 5.32 Å². The van der Waals surface area contributed by atoms with Gasteiger partial charge in [-0.15, -0.1) is 0 Å². The fourth-order valence-electron chi connectivity index (χ4n) is 1.90. The van der Waals surface area contributed by atoms with Crippen LogP contribution in [-0.4, -0.2) is 18.7 Å². The highest BCUT2D eigenvalue weighted by Crippen LogP contribution is 2.26. The molecule has 0 aromatic heterocycles. The molecule has 0 aromatic rings. The highest BCUT2D eigenvalue weighted by molar-refractivity contribution is 5.98. The van der Waals surface area contributed by atoms with E-state index in [1.165, 1.54) is 0 Å². The van der Waals surface area contributed by atoms with Crippen LogP contribution < -0.4 is 11.1 Å². The number of nitrogens with zero attached hydrogens (tertiary/aromatic N) is 1. The van der Waals surface area contributed by atoms with Crippen molar-refractivity contribution in [3.8, 4) is 0 Å². The van der Waals surface area contributed by atoms with Crippen LogP contribution in [0.3, 0.4) is 0 Å². The van der Waals surface area contributed by atoms with Crippen molar-refractivity contribution in [2.75, 3.05) is 6.67 Å². The maximum absolute atomic E-state index is 13.6. The van der Waals surface area contributed by atoms with Crippen LogP contribution in [0.25, 0.3) is 0 Å². The summed E-state index contributed by atoms with van der Waals surface area (Å²) >= 11 is 0. The van der Waals surface area contributed by atoms with Gasteiger partial charge in [-0.25, -0.2) is 9.38 Å². The number of amidine groups is 1. The summed E-state index contributed by atoms with van der Waals surface area (Å²) in [7, 11) is 0. The fraction of sp³-hybridized carbons (Fsp3) is 0.583. The zero-order valence-corrected chi connectivity index (χ0v) is 10.1. The molecule has 90 valence electrons. The second-order valence-corrected chi connectivity index (χ2v) is 4.01. The molecule has 2 unspecified atom stereocenters. The highest BCUT2D eigenvalue weighted by Gasteiger charge is 2.26. The molecular formula is C12H20FN3. The number of hydrogen-bond donors (Lipinski definition) is 2. The van der Waals surface area contributed by atoms with Crippen LogP contribution in [0.1, 0.15) is 27.2 Å². The van der Waals surface area contributed by atoms with Crippen molar-refractivity contribution in [2.24, 2.45) is 16.6 Å². The first-order chi connectivity index (χ1) is 7.57. The second-order valence-electron chi connectivity index (χ2n) is 4.01. The van der Waals surface area contributed by atoms with Crippen LogP contribution in [0.2, 0.25) is 0 Å². The molecule has 0 radical (unpaired) electrons. The van der Waals surface area contributed by atoms with E-state index in [-0.39, 0.29) is 5.92 Å². The largest absolute Gasteiger partial charge is 0.384 e. The third kappa shape index (κ3) is 2.84. The Balaban J connectivity index is 2.96. The van der Waals surface area contributed by atoms with Gasteiger partial charge in [-0.3, -0.25) is 0 Å². The molecule has 0 spiro atoms. The average Bonchev–Trinajstić information content (AvgIpc) is 2.21. The maximum Gasteiger partial charge on any atom is 0.125 e.